The van der Waals surface area contributed by atoms with Gasteiger partial charge < -0.3 is 10.6 Å². The Hall–Kier alpha value is -0.630. The second-order valence-corrected chi connectivity index (χ2v) is 7.88. The number of nitrogens with two attached hydrogens (primary N) is 1. The molecule has 2 rings (SSSR count). The first-order chi connectivity index (χ1) is 9.38. The van der Waals surface area contributed by atoms with Crippen molar-refractivity contribution < 1.29 is 8.42 Å². The number of halogens is 1. The molecule has 1 aromatic rings. The van der Waals surface area contributed by atoms with Gasteiger partial charge in [-0.25, -0.2) is 13.1 Å². The molecule has 0 aliphatic carbocycles. The molecule has 5 nitrogen and oxygen atoms in total. The summed E-state index contributed by atoms with van der Waals surface area (Å²) in [6, 6.07) is 4.72. The van der Waals surface area contributed by atoms with Gasteiger partial charge in [-0.1, -0.05) is 0 Å². The molecule has 1 aliphatic rings. The van der Waals surface area contributed by atoms with Crippen molar-refractivity contribution in [3.63, 3.8) is 0 Å². The Kier molecular flexibility index (Phi) is 5.06. The molecule has 0 aromatic heterocycles. The number of nitrogens with zero attached hydrogens (tertiary/aromatic N) is 1. The zero-order valence-electron chi connectivity index (χ0n) is 11.5. The van der Waals surface area contributed by atoms with Gasteiger partial charge >= 0.3 is 0 Å². The van der Waals surface area contributed by atoms with Gasteiger partial charge in [-0.3, -0.25) is 0 Å². The molecule has 20 heavy (non-hydrogen) atoms. The summed E-state index contributed by atoms with van der Waals surface area (Å²) in [6.45, 7) is 2.54. The van der Waals surface area contributed by atoms with E-state index in [2.05, 4.69) is 32.6 Å². The highest BCUT2D eigenvalue weighted by Crippen LogP contribution is 2.24. The molecule has 0 bridgehead atoms. The predicted molar refractivity (Wildman–Crippen MR) is 84.0 cm³/mol. The normalized spacial score (nSPS) is 18.3. The first-order valence-electron chi connectivity index (χ1n) is 6.62. The average Bonchev–Trinajstić information content (AvgIpc) is 2.37. The molecule has 112 valence electrons. The number of hydrogen-bond acceptors (Lipinski definition) is 4. The summed E-state index contributed by atoms with van der Waals surface area (Å²) < 4.78 is 27.8. The largest absolute Gasteiger partial charge is 0.399 e. The van der Waals surface area contributed by atoms with Crippen molar-refractivity contribution >= 4 is 31.6 Å². The number of likely N-dealkylation sites (tertiary alicyclic amines) is 1. The van der Waals surface area contributed by atoms with Crippen molar-refractivity contribution in [3.05, 3.63) is 22.7 Å². The molecule has 0 atom stereocenters. The van der Waals surface area contributed by atoms with Gasteiger partial charge in [-0.05, 0) is 73.0 Å². The summed E-state index contributed by atoms with van der Waals surface area (Å²) in [5.74, 6) is 0.411. The minimum atomic E-state index is -3.49. The van der Waals surface area contributed by atoms with Gasteiger partial charge in [0.15, 0.2) is 0 Å². The highest BCUT2D eigenvalue weighted by molar-refractivity contribution is 9.10. The van der Waals surface area contributed by atoms with Gasteiger partial charge in [-0.2, -0.15) is 0 Å². The van der Waals surface area contributed by atoms with Crippen molar-refractivity contribution in [2.75, 3.05) is 32.4 Å². The fourth-order valence-corrected chi connectivity index (χ4v) is 4.52. The third kappa shape index (κ3) is 3.94. The molecule has 1 saturated heterocycles. The number of rotatable bonds is 4. The number of sulfonamides is 1. The van der Waals surface area contributed by atoms with E-state index in [1.807, 2.05) is 0 Å². The van der Waals surface area contributed by atoms with Crippen LogP contribution in [0.2, 0.25) is 0 Å². The molecule has 1 heterocycles. The third-order valence-corrected chi connectivity index (χ3v) is 6.05. The van der Waals surface area contributed by atoms with Crippen molar-refractivity contribution in [1.29, 1.82) is 0 Å². The fraction of sp³-hybridized carbons (Fsp3) is 0.538. The average molecular weight is 362 g/mol. The first-order valence-corrected chi connectivity index (χ1v) is 8.89. The molecule has 0 saturated carbocycles. The maximum Gasteiger partial charge on any atom is 0.241 e. The monoisotopic (exact) mass is 361 g/mol. The van der Waals surface area contributed by atoms with Crippen molar-refractivity contribution in [2.45, 2.75) is 17.7 Å². The van der Waals surface area contributed by atoms with Crippen LogP contribution in [0.25, 0.3) is 0 Å². The predicted octanol–water partition coefficient (Wildman–Crippen LogP) is 1.65. The molecule has 1 fully saturated rings. The Balaban J connectivity index is 2.00. The lowest BCUT2D eigenvalue weighted by Crippen LogP contribution is -2.36. The van der Waals surface area contributed by atoms with E-state index in [4.69, 9.17) is 5.73 Å². The molecule has 0 spiro atoms. The SMILES string of the molecule is CN1CCC(CNS(=O)(=O)c2ccc(N)cc2Br)CC1. The number of nitrogen functional groups attached to an aromatic ring is 1. The van der Waals surface area contributed by atoms with Crippen LogP contribution >= 0.6 is 15.9 Å². The molecule has 3 N–H and O–H groups in total. The summed E-state index contributed by atoms with van der Waals surface area (Å²) in [7, 11) is -1.40. The standard InChI is InChI=1S/C13H20BrN3O2S/c1-17-6-4-10(5-7-17)9-16-20(18,19)13-3-2-11(15)8-12(13)14/h2-3,8,10,16H,4-7,9,15H2,1H3. The second-order valence-electron chi connectivity index (χ2n) is 5.29. The lowest BCUT2D eigenvalue weighted by atomic mass is 9.98. The highest BCUT2D eigenvalue weighted by Gasteiger charge is 2.21. The molecule has 1 aromatic carbocycles. The highest BCUT2D eigenvalue weighted by atomic mass is 79.9. The molecular formula is C13H20BrN3O2S. The van der Waals surface area contributed by atoms with Gasteiger partial charge in [-0.15, -0.1) is 0 Å². The van der Waals surface area contributed by atoms with Crippen LogP contribution in [0.4, 0.5) is 5.69 Å². The van der Waals surface area contributed by atoms with Gasteiger partial charge in [0.05, 0.1) is 4.90 Å². The van der Waals surface area contributed by atoms with Crippen molar-refractivity contribution in [2.24, 2.45) is 5.92 Å². The van der Waals surface area contributed by atoms with Crippen molar-refractivity contribution in [1.82, 2.24) is 9.62 Å². The summed E-state index contributed by atoms with van der Waals surface area (Å²) in [6.07, 6.45) is 2.06. The smallest absolute Gasteiger partial charge is 0.241 e. The summed E-state index contributed by atoms with van der Waals surface area (Å²) in [5, 5.41) is 0. The summed E-state index contributed by atoms with van der Waals surface area (Å²) >= 11 is 3.25. The summed E-state index contributed by atoms with van der Waals surface area (Å²) in [4.78, 5) is 2.50. The van der Waals surface area contributed by atoms with Gasteiger partial charge in [0.2, 0.25) is 10.0 Å². The van der Waals surface area contributed by atoms with Gasteiger partial charge in [0, 0.05) is 16.7 Å². The van der Waals surface area contributed by atoms with E-state index in [-0.39, 0.29) is 4.90 Å². The Labute approximate surface area is 128 Å². The van der Waals surface area contributed by atoms with E-state index in [1.165, 1.54) is 6.07 Å². The van der Waals surface area contributed by atoms with Crippen LogP contribution < -0.4 is 10.5 Å². The van der Waals surface area contributed by atoms with E-state index in [0.717, 1.165) is 25.9 Å². The molecule has 0 radical (unpaired) electrons. The Morgan fingerprint density at radius 2 is 2.05 bits per heavy atom. The number of piperidine rings is 1. The van der Waals surface area contributed by atoms with Crippen LogP contribution in [-0.4, -0.2) is 40.0 Å². The Morgan fingerprint density at radius 1 is 1.40 bits per heavy atom. The molecular weight excluding hydrogens is 342 g/mol. The van der Waals surface area contributed by atoms with Crippen molar-refractivity contribution in [3.8, 4) is 0 Å². The van der Waals surface area contributed by atoms with Crippen LogP contribution in [0.5, 0.6) is 0 Å². The number of anilines is 1. The first kappa shape index (κ1) is 15.8. The number of hydrogen-bond donors (Lipinski definition) is 2. The molecule has 7 heteroatoms. The van der Waals surface area contributed by atoms with E-state index in [1.54, 1.807) is 12.1 Å². The zero-order valence-corrected chi connectivity index (χ0v) is 13.9. The van der Waals surface area contributed by atoms with Crippen LogP contribution in [-0.2, 0) is 10.0 Å². The van der Waals surface area contributed by atoms with E-state index in [0.29, 0.717) is 22.6 Å². The van der Waals surface area contributed by atoms with Gasteiger partial charge in [0.1, 0.15) is 0 Å². The second kappa shape index (κ2) is 6.43. The topological polar surface area (TPSA) is 75.4 Å². The Morgan fingerprint density at radius 3 is 2.65 bits per heavy atom. The minimum absolute atomic E-state index is 0.236. The third-order valence-electron chi connectivity index (χ3n) is 3.65. The zero-order chi connectivity index (χ0) is 14.8. The number of benzene rings is 1. The number of nitrogens with one attached hydrogen (secondary N) is 1. The maximum atomic E-state index is 12.3. The Bertz CT molecular complexity index is 569. The van der Waals surface area contributed by atoms with Crippen LogP contribution in [0, 0.1) is 5.92 Å². The fourth-order valence-electron chi connectivity index (χ4n) is 2.31. The van der Waals surface area contributed by atoms with Crippen LogP contribution in [0.3, 0.4) is 0 Å². The van der Waals surface area contributed by atoms with E-state index >= 15 is 0 Å². The van der Waals surface area contributed by atoms with Crippen LogP contribution in [0.15, 0.2) is 27.6 Å². The molecule has 0 amide bonds. The lowest BCUT2D eigenvalue weighted by Gasteiger charge is -2.28. The quantitative estimate of drug-likeness (QED) is 0.799. The summed E-state index contributed by atoms with van der Waals surface area (Å²) in [5.41, 5.74) is 6.16. The maximum absolute atomic E-state index is 12.3. The van der Waals surface area contributed by atoms with Gasteiger partial charge in [0.25, 0.3) is 0 Å². The molecule has 1 aliphatic heterocycles. The van der Waals surface area contributed by atoms with E-state index in [9.17, 15) is 8.42 Å². The lowest BCUT2D eigenvalue weighted by molar-refractivity contribution is 0.220. The minimum Gasteiger partial charge on any atom is -0.399 e. The molecule has 0 unspecified atom stereocenters. The van der Waals surface area contributed by atoms with E-state index < -0.39 is 10.0 Å². The van der Waals surface area contributed by atoms with Crippen LogP contribution in [0.1, 0.15) is 12.8 Å².